The highest BCUT2D eigenvalue weighted by Gasteiger charge is 2.19. The predicted octanol–water partition coefficient (Wildman–Crippen LogP) is 4.04. The average molecular weight is 377 g/mol. The van der Waals surface area contributed by atoms with Gasteiger partial charge in [-0.25, -0.2) is 0 Å². The van der Waals surface area contributed by atoms with Crippen molar-refractivity contribution >= 4 is 27.3 Å². The normalized spacial score (nSPS) is 13.3. The number of thiophene rings is 1. The van der Waals surface area contributed by atoms with Gasteiger partial charge in [-0.1, -0.05) is 35.9 Å². The minimum atomic E-state index is -0.225. The second kappa shape index (κ2) is 7.32. The van der Waals surface area contributed by atoms with Crippen molar-refractivity contribution in [3.63, 3.8) is 0 Å². The summed E-state index contributed by atoms with van der Waals surface area (Å²) in [6.07, 6.45) is 6.38. The molecule has 0 fully saturated rings. The third-order valence-corrected chi connectivity index (χ3v) is 5.63. The molecule has 0 spiro atoms. The van der Waals surface area contributed by atoms with E-state index >= 15 is 0 Å². The molecule has 0 unspecified atom stereocenters. The van der Waals surface area contributed by atoms with E-state index in [1.807, 2.05) is 12.2 Å². The van der Waals surface area contributed by atoms with E-state index < -0.39 is 0 Å². The zero-order chi connectivity index (χ0) is 18.8. The molecule has 27 heavy (non-hydrogen) atoms. The van der Waals surface area contributed by atoms with Crippen LogP contribution in [0.2, 0.25) is 0 Å². The fraction of sp³-hybridized carbons (Fsp3) is 0.190. The number of allylic oxidation sites excluding steroid dienone is 2. The van der Waals surface area contributed by atoms with Crippen LogP contribution in [0.1, 0.15) is 21.7 Å². The standard InChI is InChI=1S/C21H19N3O2S/c1-13-5-7-15(8-6-13)18-11-16-17(10-14-4-3-9-26-12-14)23-24-19(20(16)27-18)21(25)22-2/h3-8,11-12H,9-10H2,1-2H3,(H,22,25). The van der Waals surface area contributed by atoms with E-state index in [1.165, 1.54) is 5.56 Å². The number of amides is 1. The van der Waals surface area contributed by atoms with Crippen LogP contribution in [0.3, 0.4) is 0 Å². The molecule has 1 N–H and O–H groups in total. The Kier molecular flexibility index (Phi) is 4.73. The van der Waals surface area contributed by atoms with E-state index in [4.69, 9.17) is 4.74 Å². The lowest BCUT2D eigenvalue weighted by molar-refractivity contribution is 0.0959. The van der Waals surface area contributed by atoms with Gasteiger partial charge in [-0.3, -0.25) is 4.79 Å². The Morgan fingerprint density at radius 2 is 2.07 bits per heavy atom. The summed E-state index contributed by atoms with van der Waals surface area (Å²) in [5.74, 6) is -0.225. The number of fused-ring (bicyclic) bond motifs is 1. The van der Waals surface area contributed by atoms with Crippen LogP contribution in [0.4, 0.5) is 0 Å². The van der Waals surface area contributed by atoms with Crippen LogP contribution in [0.15, 0.2) is 54.3 Å². The van der Waals surface area contributed by atoms with Gasteiger partial charge in [0.05, 0.1) is 16.7 Å². The first-order valence-electron chi connectivity index (χ1n) is 8.71. The molecular weight excluding hydrogens is 358 g/mol. The number of nitrogens with zero attached hydrogens (tertiary/aromatic N) is 2. The maximum absolute atomic E-state index is 12.3. The molecule has 136 valence electrons. The van der Waals surface area contributed by atoms with Gasteiger partial charge in [0.15, 0.2) is 5.69 Å². The first-order chi connectivity index (χ1) is 13.2. The summed E-state index contributed by atoms with van der Waals surface area (Å²) in [5, 5.41) is 12.2. The number of hydrogen-bond acceptors (Lipinski definition) is 5. The molecule has 0 bridgehead atoms. The zero-order valence-electron chi connectivity index (χ0n) is 15.2. The van der Waals surface area contributed by atoms with Crippen LogP contribution in [0.5, 0.6) is 0 Å². The molecule has 0 saturated carbocycles. The van der Waals surface area contributed by atoms with Crippen LogP contribution in [-0.2, 0) is 11.2 Å². The molecule has 3 heterocycles. The van der Waals surface area contributed by atoms with Gasteiger partial charge in [0.2, 0.25) is 0 Å². The molecule has 0 saturated heterocycles. The fourth-order valence-corrected chi connectivity index (χ4v) is 4.16. The highest BCUT2D eigenvalue weighted by molar-refractivity contribution is 7.22. The van der Waals surface area contributed by atoms with Crippen molar-refractivity contribution in [1.29, 1.82) is 0 Å². The Morgan fingerprint density at radius 3 is 2.78 bits per heavy atom. The molecule has 1 aliphatic rings. The summed E-state index contributed by atoms with van der Waals surface area (Å²) in [5.41, 5.74) is 4.58. The largest absolute Gasteiger partial charge is 0.497 e. The first kappa shape index (κ1) is 17.4. The van der Waals surface area contributed by atoms with Crippen molar-refractivity contribution in [3.05, 3.63) is 71.3 Å². The summed E-state index contributed by atoms with van der Waals surface area (Å²) in [7, 11) is 1.60. The average Bonchev–Trinajstić information content (AvgIpc) is 3.15. The SMILES string of the molecule is CNC(=O)c1nnc(CC2=COCC=C2)c2cc(-c3ccc(C)cc3)sc12. The minimum absolute atomic E-state index is 0.225. The quantitative estimate of drug-likeness (QED) is 0.745. The molecule has 0 radical (unpaired) electrons. The summed E-state index contributed by atoms with van der Waals surface area (Å²) >= 11 is 1.57. The maximum Gasteiger partial charge on any atom is 0.273 e. The zero-order valence-corrected chi connectivity index (χ0v) is 16.0. The van der Waals surface area contributed by atoms with Crippen LogP contribution in [0.25, 0.3) is 20.5 Å². The molecule has 1 aromatic carbocycles. The van der Waals surface area contributed by atoms with E-state index in [2.05, 4.69) is 52.8 Å². The second-order valence-corrected chi connectivity index (χ2v) is 7.45. The number of carbonyl (C=O) groups is 1. The molecule has 0 aliphatic carbocycles. The Bertz CT molecular complexity index is 1060. The lowest BCUT2D eigenvalue weighted by atomic mass is 10.1. The van der Waals surface area contributed by atoms with Crippen molar-refractivity contribution < 1.29 is 9.53 Å². The Hall–Kier alpha value is -2.99. The van der Waals surface area contributed by atoms with E-state index in [-0.39, 0.29) is 5.91 Å². The van der Waals surface area contributed by atoms with Gasteiger partial charge in [-0.15, -0.1) is 16.4 Å². The van der Waals surface area contributed by atoms with Crippen molar-refractivity contribution in [2.45, 2.75) is 13.3 Å². The second-order valence-electron chi connectivity index (χ2n) is 6.40. The van der Waals surface area contributed by atoms with Crippen molar-refractivity contribution in [3.8, 4) is 10.4 Å². The number of hydrogen-bond donors (Lipinski definition) is 1. The number of nitrogens with one attached hydrogen (secondary N) is 1. The third kappa shape index (κ3) is 3.48. The van der Waals surface area contributed by atoms with Crippen molar-refractivity contribution in [2.24, 2.45) is 0 Å². The lowest BCUT2D eigenvalue weighted by Crippen LogP contribution is -2.20. The molecule has 0 atom stereocenters. The van der Waals surface area contributed by atoms with Crippen LogP contribution < -0.4 is 5.32 Å². The monoisotopic (exact) mass is 377 g/mol. The third-order valence-electron chi connectivity index (χ3n) is 4.44. The van der Waals surface area contributed by atoms with Gasteiger partial charge >= 0.3 is 0 Å². The van der Waals surface area contributed by atoms with Crippen molar-refractivity contribution in [1.82, 2.24) is 15.5 Å². The summed E-state index contributed by atoms with van der Waals surface area (Å²) in [4.78, 5) is 13.4. The smallest absolute Gasteiger partial charge is 0.273 e. The minimum Gasteiger partial charge on any atom is -0.497 e. The number of benzene rings is 1. The number of aromatic nitrogens is 2. The topological polar surface area (TPSA) is 64.1 Å². The Morgan fingerprint density at radius 1 is 1.26 bits per heavy atom. The molecule has 2 aromatic heterocycles. The molecule has 4 rings (SSSR count). The van der Waals surface area contributed by atoms with Crippen LogP contribution in [-0.4, -0.2) is 29.8 Å². The highest BCUT2D eigenvalue weighted by Crippen LogP contribution is 2.36. The van der Waals surface area contributed by atoms with Gasteiger partial charge in [0, 0.05) is 23.7 Å². The first-order valence-corrected chi connectivity index (χ1v) is 9.53. The number of rotatable bonds is 4. The van der Waals surface area contributed by atoms with Gasteiger partial charge < -0.3 is 10.1 Å². The lowest BCUT2D eigenvalue weighted by Gasteiger charge is -2.09. The number of ether oxygens (including phenoxy) is 1. The van der Waals surface area contributed by atoms with Crippen molar-refractivity contribution in [2.75, 3.05) is 13.7 Å². The molecule has 1 amide bonds. The number of aryl methyl sites for hydroxylation is 1. The molecule has 5 nitrogen and oxygen atoms in total. The maximum atomic E-state index is 12.3. The van der Waals surface area contributed by atoms with Gasteiger partial charge in [0.25, 0.3) is 5.91 Å². The molecular formula is C21H19N3O2S. The van der Waals surface area contributed by atoms with Gasteiger partial charge in [-0.05, 0) is 30.2 Å². The molecule has 6 heteroatoms. The Labute approximate surface area is 161 Å². The summed E-state index contributed by atoms with van der Waals surface area (Å²) < 4.78 is 6.23. The molecule has 1 aliphatic heterocycles. The summed E-state index contributed by atoms with van der Waals surface area (Å²) in [6.45, 7) is 2.66. The number of carbonyl (C=O) groups excluding carboxylic acids is 1. The summed E-state index contributed by atoms with van der Waals surface area (Å²) in [6, 6.07) is 10.5. The van der Waals surface area contributed by atoms with Crippen LogP contribution >= 0.6 is 11.3 Å². The highest BCUT2D eigenvalue weighted by atomic mass is 32.1. The molecule has 3 aromatic rings. The van der Waals surface area contributed by atoms with E-state index in [9.17, 15) is 4.79 Å². The van der Waals surface area contributed by atoms with Gasteiger partial charge in [0.1, 0.15) is 6.61 Å². The Balaban J connectivity index is 1.84. The van der Waals surface area contributed by atoms with E-state index in [1.54, 1.807) is 24.6 Å². The van der Waals surface area contributed by atoms with E-state index in [0.717, 1.165) is 31.8 Å². The van der Waals surface area contributed by atoms with E-state index in [0.29, 0.717) is 18.7 Å². The van der Waals surface area contributed by atoms with Gasteiger partial charge in [-0.2, -0.15) is 5.10 Å². The predicted molar refractivity (Wildman–Crippen MR) is 108 cm³/mol. The van der Waals surface area contributed by atoms with Crippen LogP contribution in [0, 0.1) is 6.92 Å². The fourth-order valence-electron chi connectivity index (χ4n) is 2.99.